The van der Waals surface area contributed by atoms with Crippen LogP contribution >= 0.6 is 27.7 Å². The van der Waals surface area contributed by atoms with Gasteiger partial charge in [-0.3, -0.25) is 14.9 Å². The van der Waals surface area contributed by atoms with Crippen LogP contribution in [0.4, 0.5) is 5.69 Å². The average molecular weight is 452 g/mol. The number of nitrogens with zero attached hydrogens (tertiary/aromatic N) is 2. The SMILES string of the molecule is O=C(CSCc1ccc([N+](=O)[O-])cc1)N/N=C/c1cc2c(cc1Br)OCO2. The number of benzene rings is 2. The molecule has 0 saturated carbocycles. The van der Waals surface area contributed by atoms with Gasteiger partial charge in [0.25, 0.3) is 5.69 Å². The third-order valence-corrected chi connectivity index (χ3v) is 5.22. The first-order chi connectivity index (χ1) is 13.0. The van der Waals surface area contributed by atoms with Crippen LogP contribution in [0, 0.1) is 10.1 Å². The van der Waals surface area contributed by atoms with Gasteiger partial charge in [-0.05, 0) is 33.6 Å². The summed E-state index contributed by atoms with van der Waals surface area (Å²) in [5.74, 6) is 1.84. The molecule has 1 heterocycles. The summed E-state index contributed by atoms with van der Waals surface area (Å²) in [6.07, 6.45) is 1.52. The van der Waals surface area contributed by atoms with Gasteiger partial charge in [-0.25, -0.2) is 5.43 Å². The lowest BCUT2D eigenvalue weighted by molar-refractivity contribution is -0.384. The van der Waals surface area contributed by atoms with Crippen LogP contribution < -0.4 is 14.9 Å². The van der Waals surface area contributed by atoms with Crippen molar-refractivity contribution < 1.29 is 19.2 Å². The molecule has 3 rings (SSSR count). The first-order valence-corrected chi connectivity index (χ1v) is 9.70. The Morgan fingerprint density at radius 2 is 2.00 bits per heavy atom. The van der Waals surface area contributed by atoms with Gasteiger partial charge >= 0.3 is 0 Å². The lowest BCUT2D eigenvalue weighted by Crippen LogP contribution is -2.19. The highest BCUT2D eigenvalue weighted by Crippen LogP contribution is 2.36. The van der Waals surface area contributed by atoms with Gasteiger partial charge in [0.05, 0.1) is 16.9 Å². The lowest BCUT2D eigenvalue weighted by atomic mass is 10.2. The van der Waals surface area contributed by atoms with E-state index in [1.165, 1.54) is 30.1 Å². The number of nitro benzene ring substituents is 1. The van der Waals surface area contributed by atoms with Gasteiger partial charge in [0, 0.05) is 27.9 Å². The van der Waals surface area contributed by atoms with E-state index in [1.54, 1.807) is 24.3 Å². The van der Waals surface area contributed by atoms with E-state index in [-0.39, 0.29) is 24.1 Å². The maximum atomic E-state index is 11.8. The summed E-state index contributed by atoms with van der Waals surface area (Å²) in [5.41, 5.74) is 4.17. The zero-order chi connectivity index (χ0) is 19.2. The monoisotopic (exact) mass is 451 g/mol. The predicted molar refractivity (Wildman–Crippen MR) is 105 cm³/mol. The number of rotatable bonds is 7. The number of fused-ring (bicyclic) bond motifs is 1. The van der Waals surface area contributed by atoms with Gasteiger partial charge in [0.2, 0.25) is 12.7 Å². The highest BCUT2D eigenvalue weighted by atomic mass is 79.9. The zero-order valence-electron chi connectivity index (χ0n) is 13.9. The fourth-order valence-corrected chi connectivity index (χ4v) is 3.42. The number of amides is 1. The highest BCUT2D eigenvalue weighted by molar-refractivity contribution is 9.10. The van der Waals surface area contributed by atoms with Crippen LogP contribution in [0.5, 0.6) is 11.5 Å². The molecule has 1 amide bonds. The van der Waals surface area contributed by atoms with Crippen LogP contribution in [0.2, 0.25) is 0 Å². The number of nitro groups is 1. The molecule has 27 heavy (non-hydrogen) atoms. The summed E-state index contributed by atoms with van der Waals surface area (Å²) in [7, 11) is 0. The Bertz CT molecular complexity index is 889. The number of non-ortho nitro benzene ring substituents is 1. The maximum Gasteiger partial charge on any atom is 0.269 e. The smallest absolute Gasteiger partial charge is 0.269 e. The molecule has 8 nitrogen and oxygen atoms in total. The normalized spacial score (nSPS) is 12.3. The number of halogens is 1. The topological polar surface area (TPSA) is 103 Å². The molecule has 0 radical (unpaired) electrons. The third-order valence-electron chi connectivity index (χ3n) is 3.53. The van der Waals surface area contributed by atoms with Gasteiger partial charge in [-0.2, -0.15) is 5.10 Å². The Hall–Kier alpha value is -2.59. The fraction of sp³-hybridized carbons (Fsp3) is 0.176. The lowest BCUT2D eigenvalue weighted by Gasteiger charge is -2.03. The van der Waals surface area contributed by atoms with Crippen LogP contribution in [0.1, 0.15) is 11.1 Å². The van der Waals surface area contributed by atoms with E-state index in [4.69, 9.17) is 9.47 Å². The molecule has 0 aliphatic carbocycles. The number of hydrazone groups is 1. The summed E-state index contributed by atoms with van der Waals surface area (Å²) in [5, 5.41) is 14.6. The number of hydrogen-bond donors (Lipinski definition) is 1. The van der Waals surface area contributed by atoms with Crippen molar-refractivity contribution in [3.8, 4) is 11.5 Å². The average Bonchev–Trinajstić information content (AvgIpc) is 3.09. The standard InChI is InChI=1S/C17H14BrN3O5S/c18-14-6-16-15(25-10-26-16)5-12(14)7-19-20-17(22)9-27-8-11-1-3-13(4-2-11)21(23)24/h1-7H,8-10H2,(H,20,22)/b19-7+. The molecule has 1 aliphatic rings. The Labute approximate surface area is 167 Å². The Morgan fingerprint density at radius 1 is 1.30 bits per heavy atom. The van der Waals surface area contributed by atoms with E-state index in [2.05, 4.69) is 26.5 Å². The molecule has 140 valence electrons. The van der Waals surface area contributed by atoms with Gasteiger partial charge < -0.3 is 9.47 Å². The Kier molecular flexibility index (Phi) is 6.30. The second-order valence-electron chi connectivity index (χ2n) is 5.44. The second-order valence-corrected chi connectivity index (χ2v) is 7.28. The van der Waals surface area contributed by atoms with Gasteiger partial charge in [0.15, 0.2) is 11.5 Å². The number of carbonyl (C=O) groups is 1. The molecular weight excluding hydrogens is 438 g/mol. The van der Waals surface area contributed by atoms with Crippen molar-refractivity contribution in [1.82, 2.24) is 5.43 Å². The van der Waals surface area contributed by atoms with Gasteiger partial charge in [-0.1, -0.05) is 12.1 Å². The first-order valence-electron chi connectivity index (χ1n) is 7.75. The number of thioether (sulfide) groups is 1. The number of ether oxygens (including phenoxy) is 2. The molecule has 1 N–H and O–H groups in total. The Balaban J connectivity index is 1.44. The van der Waals surface area contributed by atoms with Crippen molar-refractivity contribution in [3.05, 3.63) is 62.1 Å². The van der Waals surface area contributed by atoms with E-state index in [9.17, 15) is 14.9 Å². The van der Waals surface area contributed by atoms with E-state index >= 15 is 0 Å². The first kappa shape index (κ1) is 19.2. The predicted octanol–water partition coefficient (Wildman–Crippen LogP) is 3.47. The van der Waals surface area contributed by atoms with Crippen molar-refractivity contribution in [2.45, 2.75) is 5.75 Å². The minimum Gasteiger partial charge on any atom is -0.454 e. The van der Waals surface area contributed by atoms with Crippen molar-refractivity contribution in [1.29, 1.82) is 0 Å². The van der Waals surface area contributed by atoms with E-state index < -0.39 is 4.92 Å². The minimum absolute atomic E-state index is 0.0468. The molecule has 0 bridgehead atoms. The highest BCUT2D eigenvalue weighted by Gasteiger charge is 2.15. The van der Waals surface area contributed by atoms with Gasteiger partial charge in [0.1, 0.15) is 0 Å². The van der Waals surface area contributed by atoms with E-state index in [0.717, 1.165) is 15.6 Å². The van der Waals surface area contributed by atoms with E-state index in [0.29, 0.717) is 17.3 Å². The molecule has 1 aliphatic heterocycles. The number of hydrogen-bond acceptors (Lipinski definition) is 7. The molecule has 0 spiro atoms. The summed E-state index contributed by atoms with van der Waals surface area (Å²) in [6.45, 7) is 0.186. The molecule has 2 aromatic carbocycles. The van der Waals surface area contributed by atoms with Crippen LogP contribution in [0.15, 0.2) is 46.0 Å². The van der Waals surface area contributed by atoms with Crippen molar-refractivity contribution in [2.75, 3.05) is 12.5 Å². The zero-order valence-corrected chi connectivity index (χ0v) is 16.3. The molecule has 0 saturated heterocycles. The van der Waals surface area contributed by atoms with Crippen molar-refractivity contribution in [3.63, 3.8) is 0 Å². The van der Waals surface area contributed by atoms with Crippen molar-refractivity contribution >= 4 is 45.5 Å². The van der Waals surface area contributed by atoms with Crippen LogP contribution in [0.25, 0.3) is 0 Å². The van der Waals surface area contributed by atoms with Crippen LogP contribution in [-0.2, 0) is 10.5 Å². The quantitative estimate of drug-likeness (QED) is 0.392. The summed E-state index contributed by atoms with van der Waals surface area (Å²) in [4.78, 5) is 22.0. The summed E-state index contributed by atoms with van der Waals surface area (Å²) >= 11 is 4.81. The molecular formula is C17H14BrN3O5S. The minimum atomic E-state index is -0.444. The molecule has 0 fully saturated rings. The van der Waals surface area contributed by atoms with Crippen molar-refractivity contribution in [2.24, 2.45) is 5.10 Å². The fourth-order valence-electron chi connectivity index (χ4n) is 2.21. The number of nitrogens with one attached hydrogen (secondary N) is 1. The third kappa shape index (κ3) is 5.20. The summed E-state index contributed by atoms with van der Waals surface area (Å²) < 4.78 is 11.4. The molecule has 0 unspecified atom stereocenters. The largest absolute Gasteiger partial charge is 0.454 e. The second kappa shape index (κ2) is 8.87. The summed E-state index contributed by atoms with van der Waals surface area (Å²) in [6, 6.07) is 9.81. The molecule has 0 aromatic heterocycles. The van der Waals surface area contributed by atoms with Crippen LogP contribution in [0.3, 0.4) is 0 Å². The molecule has 0 atom stereocenters. The molecule has 10 heteroatoms. The molecule has 2 aromatic rings. The number of carbonyl (C=O) groups excluding carboxylic acids is 1. The van der Waals surface area contributed by atoms with Gasteiger partial charge in [-0.15, -0.1) is 11.8 Å². The van der Waals surface area contributed by atoms with Crippen LogP contribution in [-0.4, -0.2) is 29.6 Å². The Morgan fingerprint density at radius 3 is 2.70 bits per heavy atom. The maximum absolute atomic E-state index is 11.8. The van der Waals surface area contributed by atoms with E-state index in [1.807, 2.05) is 0 Å².